The van der Waals surface area contributed by atoms with Gasteiger partial charge in [-0.3, -0.25) is 0 Å². The molecule has 1 aromatic carbocycles. The number of hydrogen-bond donors (Lipinski definition) is 1. The van der Waals surface area contributed by atoms with Crippen molar-refractivity contribution in [3.63, 3.8) is 0 Å². The average molecular weight is 396 g/mol. The number of halogens is 3. The van der Waals surface area contributed by atoms with E-state index in [0.29, 0.717) is 13.1 Å². The standard InChI is InChI=1S/C6H4BrClINO2S/c7-4-1-3(13(10,11)12)2-5(9)6(4)8/h1-2H,(H2,10,11,12). The molecular formula is C6H4BrClINO2S. The summed E-state index contributed by atoms with van der Waals surface area (Å²) < 4.78 is 23.1. The van der Waals surface area contributed by atoms with Gasteiger partial charge in [0.1, 0.15) is 0 Å². The second kappa shape index (κ2) is 4.01. The molecule has 0 aliphatic rings. The van der Waals surface area contributed by atoms with Crippen LogP contribution < -0.4 is 5.14 Å². The van der Waals surface area contributed by atoms with Crippen LogP contribution in [0.2, 0.25) is 5.02 Å². The first-order chi connectivity index (χ1) is 5.82. The van der Waals surface area contributed by atoms with Gasteiger partial charge in [-0.25, -0.2) is 13.6 Å². The van der Waals surface area contributed by atoms with Gasteiger partial charge in [-0.15, -0.1) is 0 Å². The van der Waals surface area contributed by atoms with Crippen LogP contribution in [0.5, 0.6) is 0 Å². The van der Waals surface area contributed by atoms with Crippen LogP contribution in [0, 0.1) is 3.57 Å². The molecule has 1 rings (SSSR count). The smallest absolute Gasteiger partial charge is 0.225 e. The van der Waals surface area contributed by atoms with Crippen LogP contribution in [-0.2, 0) is 10.0 Å². The number of sulfonamides is 1. The minimum atomic E-state index is -3.66. The molecule has 0 saturated carbocycles. The summed E-state index contributed by atoms with van der Waals surface area (Å²) in [5.41, 5.74) is 0. The Bertz CT molecular complexity index is 425. The van der Waals surface area contributed by atoms with E-state index >= 15 is 0 Å². The lowest BCUT2D eigenvalue weighted by atomic mass is 10.4. The average Bonchev–Trinajstić information content (AvgIpc) is 1.97. The molecule has 72 valence electrons. The molecule has 0 amide bonds. The summed E-state index contributed by atoms with van der Waals surface area (Å²) in [7, 11) is -3.66. The van der Waals surface area contributed by atoms with Crippen LogP contribution in [0.15, 0.2) is 21.5 Å². The molecule has 0 aliphatic carbocycles. The quantitative estimate of drug-likeness (QED) is 0.585. The molecule has 7 heteroatoms. The van der Waals surface area contributed by atoms with Crippen molar-refractivity contribution in [2.45, 2.75) is 4.90 Å². The summed E-state index contributed by atoms with van der Waals surface area (Å²) in [6.45, 7) is 0. The maximum Gasteiger partial charge on any atom is 0.238 e. The van der Waals surface area contributed by atoms with Gasteiger partial charge in [-0.2, -0.15) is 0 Å². The summed E-state index contributed by atoms with van der Waals surface area (Å²) in [5, 5.41) is 5.43. The Morgan fingerprint density at radius 2 is 2.00 bits per heavy atom. The molecule has 0 saturated heterocycles. The first-order valence-corrected chi connectivity index (χ1v) is 6.79. The molecule has 0 aliphatic heterocycles. The third-order valence-electron chi connectivity index (χ3n) is 1.29. The van der Waals surface area contributed by atoms with Crippen LogP contribution in [0.1, 0.15) is 0 Å². The molecule has 0 unspecified atom stereocenters. The summed E-state index contributed by atoms with van der Waals surface area (Å²) in [4.78, 5) is 0.0492. The van der Waals surface area contributed by atoms with Gasteiger partial charge in [0.2, 0.25) is 10.0 Å². The molecule has 1 aromatic rings. The number of rotatable bonds is 1. The van der Waals surface area contributed by atoms with Crippen molar-refractivity contribution in [2.24, 2.45) is 5.14 Å². The van der Waals surface area contributed by atoms with Crippen molar-refractivity contribution in [2.75, 3.05) is 0 Å². The summed E-state index contributed by atoms with van der Waals surface area (Å²) >= 11 is 10.9. The van der Waals surface area contributed by atoms with Crippen LogP contribution in [0.4, 0.5) is 0 Å². The molecular weight excluding hydrogens is 392 g/mol. The molecule has 0 atom stereocenters. The van der Waals surface area contributed by atoms with Gasteiger partial charge < -0.3 is 0 Å². The van der Waals surface area contributed by atoms with E-state index in [2.05, 4.69) is 15.9 Å². The predicted molar refractivity (Wildman–Crippen MR) is 63.2 cm³/mol. The van der Waals surface area contributed by atoms with Gasteiger partial charge in [-0.05, 0) is 50.7 Å². The number of primary sulfonamides is 1. The Morgan fingerprint density at radius 1 is 1.46 bits per heavy atom. The van der Waals surface area contributed by atoms with Crippen molar-refractivity contribution in [3.05, 3.63) is 25.2 Å². The largest absolute Gasteiger partial charge is 0.238 e. The molecule has 0 aromatic heterocycles. The fourth-order valence-electron chi connectivity index (χ4n) is 0.697. The Balaban J connectivity index is 3.47. The van der Waals surface area contributed by atoms with Gasteiger partial charge in [0, 0.05) is 8.04 Å². The van der Waals surface area contributed by atoms with Gasteiger partial charge in [0.15, 0.2) is 0 Å². The maximum absolute atomic E-state index is 11.0. The minimum Gasteiger partial charge on any atom is -0.225 e. The predicted octanol–water partition coefficient (Wildman–Crippen LogP) is 2.35. The zero-order chi connectivity index (χ0) is 10.2. The molecule has 2 N–H and O–H groups in total. The molecule has 3 nitrogen and oxygen atoms in total. The zero-order valence-electron chi connectivity index (χ0n) is 6.09. The highest BCUT2D eigenvalue weighted by Gasteiger charge is 2.12. The third kappa shape index (κ3) is 2.79. The van der Waals surface area contributed by atoms with Crippen molar-refractivity contribution >= 4 is 60.1 Å². The van der Waals surface area contributed by atoms with Crippen molar-refractivity contribution in [1.82, 2.24) is 0 Å². The fraction of sp³-hybridized carbons (Fsp3) is 0. The molecule has 0 spiro atoms. The molecule has 0 fully saturated rings. The number of benzene rings is 1. The first kappa shape index (κ1) is 11.7. The van der Waals surface area contributed by atoms with Crippen molar-refractivity contribution in [3.8, 4) is 0 Å². The maximum atomic E-state index is 11.0. The van der Waals surface area contributed by atoms with E-state index < -0.39 is 10.0 Å². The van der Waals surface area contributed by atoms with Gasteiger partial charge in [0.25, 0.3) is 0 Å². The van der Waals surface area contributed by atoms with E-state index in [0.717, 1.165) is 0 Å². The van der Waals surface area contributed by atoms with Gasteiger partial charge >= 0.3 is 0 Å². The number of nitrogens with two attached hydrogens (primary N) is 1. The molecule has 0 bridgehead atoms. The lowest BCUT2D eigenvalue weighted by molar-refractivity contribution is 0.597. The van der Waals surface area contributed by atoms with E-state index in [4.69, 9.17) is 16.7 Å². The summed E-state index contributed by atoms with van der Waals surface area (Å²) in [5.74, 6) is 0. The van der Waals surface area contributed by atoms with Gasteiger partial charge in [0.05, 0.1) is 9.92 Å². The Kier molecular flexibility index (Phi) is 3.61. The number of hydrogen-bond acceptors (Lipinski definition) is 2. The molecule has 13 heavy (non-hydrogen) atoms. The zero-order valence-corrected chi connectivity index (χ0v) is 11.4. The minimum absolute atomic E-state index is 0.0492. The van der Waals surface area contributed by atoms with E-state index in [1.165, 1.54) is 12.1 Å². The SMILES string of the molecule is NS(=O)(=O)c1cc(Br)c(Cl)c(I)c1. The van der Waals surface area contributed by atoms with Crippen molar-refractivity contribution < 1.29 is 8.42 Å². The van der Waals surface area contributed by atoms with Crippen LogP contribution >= 0.6 is 50.1 Å². The second-order valence-corrected chi connectivity index (χ2v) is 6.20. The lowest BCUT2D eigenvalue weighted by Gasteiger charge is -2.03. The topological polar surface area (TPSA) is 60.2 Å². The summed E-state index contributed by atoms with van der Waals surface area (Å²) in [6.07, 6.45) is 0. The monoisotopic (exact) mass is 395 g/mol. The first-order valence-electron chi connectivity index (χ1n) is 2.99. The van der Waals surface area contributed by atoms with E-state index in [1.807, 2.05) is 22.6 Å². The normalized spacial score (nSPS) is 11.7. The lowest BCUT2D eigenvalue weighted by Crippen LogP contribution is -2.12. The summed E-state index contributed by atoms with van der Waals surface area (Å²) in [6, 6.07) is 2.79. The van der Waals surface area contributed by atoms with E-state index in [-0.39, 0.29) is 4.90 Å². The van der Waals surface area contributed by atoms with Crippen LogP contribution in [0.3, 0.4) is 0 Å². The van der Waals surface area contributed by atoms with Crippen molar-refractivity contribution in [1.29, 1.82) is 0 Å². The Hall–Kier alpha value is 0.630. The van der Waals surface area contributed by atoms with Crippen LogP contribution in [0.25, 0.3) is 0 Å². The third-order valence-corrected chi connectivity index (χ3v) is 4.61. The Morgan fingerprint density at radius 3 is 2.38 bits per heavy atom. The highest BCUT2D eigenvalue weighted by atomic mass is 127. The van der Waals surface area contributed by atoms with Gasteiger partial charge in [-0.1, -0.05) is 11.6 Å². The molecule has 0 heterocycles. The second-order valence-electron chi connectivity index (χ2n) is 2.25. The van der Waals surface area contributed by atoms with E-state index in [9.17, 15) is 8.42 Å². The Labute approximate surface area is 103 Å². The van der Waals surface area contributed by atoms with Crippen LogP contribution in [-0.4, -0.2) is 8.42 Å². The van der Waals surface area contributed by atoms with E-state index in [1.54, 1.807) is 0 Å². The fourth-order valence-corrected chi connectivity index (χ4v) is 3.19. The molecule has 0 radical (unpaired) electrons. The highest BCUT2D eigenvalue weighted by Crippen LogP contribution is 2.30. The highest BCUT2D eigenvalue weighted by molar-refractivity contribution is 14.1.